The van der Waals surface area contributed by atoms with Crippen LogP contribution in [-0.2, 0) is 9.53 Å². The van der Waals surface area contributed by atoms with Gasteiger partial charge in [-0.2, -0.15) is 0 Å². The van der Waals surface area contributed by atoms with Gasteiger partial charge in [0.25, 0.3) is 5.91 Å². The maximum atomic E-state index is 13.6. The van der Waals surface area contributed by atoms with E-state index in [1.54, 1.807) is 24.3 Å². The van der Waals surface area contributed by atoms with Gasteiger partial charge in [-0.05, 0) is 29.3 Å². The van der Waals surface area contributed by atoms with Crippen molar-refractivity contribution in [2.24, 2.45) is 0 Å². The Morgan fingerprint density at radius 1 is 0.815 bits per heavy atom. The van der Waals surface area contributed by atoms with Crippen LogP contribution in [0.1, 0.15) is 10.4 Å². The molecule has 0 saturated carbocycles. The molecule has 0 aromatic heterocycles. The molecule has 0 heterocycles. The molecule has 4 nitrogen and oxygen atoms in total. The molecule has 0 aliphatic carbocycles. The molecular weight excluding hydrogens is 352 g/mol. The predicted octanol–water partition coefficient (Wildman–Crippen LogP) is 4.43. The van der Waals surface area contributed by atoms with Crippen LogP contribution in [0.3, 0.4) is 0 Å². The number of anilines is 1. The molecule has 0 unspecified atom stereocenters. The number of ether oxygens (including phenoxy) is 1. The number of amides is 1. The molecule has 1 N–H and O–H groups in total. The van der Waals surface area contributed by atoms with Gasteiger partial charge >= 0.3 is 5.97 Å². The Hall–Kier alpha value is -3.54. The summed E-state index contributed by atoms with van der Waals surface area (Å²) in [7, 11) is 0. The van der Waals surface area contributed by atoms with Crippen LogP contribution < -0.4 is 5.32 Å². The molecule has 0 aliphatic heterocycles. The Morgan fingerprint density at radius 3 is 2.15 bits per heavy atom. The van der Waals surface area contributed by atoms with Crippen LogP contribution in [0, 0.1) is 11.6 Å². The van der Waals surface area contributed by atoms with Gasteiger partial charge in [0.1, 0.15) is 17.3 Å². The molecule has 0 aliphatic rings. The molecule has 0 atom stereocenters. The van der Waals surface area contributed by atoms with Crippen LogP contribution in [0.4, 0.5) is 14.5 Å². The summed E-state index contributed by atoms with van der Waals surface area (Å²) >= 11 is 0. The molecule has 136 valence electrons. The van der Waals surface area contributed by atoms with Crippen molar-refractivity contribution in [1.29, 1.82) is 0 Å². The van der Waals surface area contributed by atoms with Crippen molar-refractivity contribution in [3.8, 4) is 11.1 Å². The summed E-state index contributed by atoms with van der Waals surface area (Å²) in [6.07, 6.45) is 0. The maximum absolute atomic E-state index is 13.6. The molecule has 0 radical (unpaired) electrons. The fourth-order valence-corrected chi connectivity index (χ4v) is 2.53. The monoisotopic (exact) mass is 367 g/mol. The lowest BCUT2D eigenvalue weighted by Gasteiger charge is -2.11. The number of para-hydroxylation sites is 1. The molecule has 6 heteroatoms. The van der Waals surface area contributed by atoms with Crippen molar-refractivity contribution in [3.05, 3.63) is 90.0 Å². The lowest BCUT2D eigenvalue weighted by atomic mass is 10.00. The summed E-state index contributed by atoms with van der Waals surface area (Å²) in [4.78, 5) is 24.3. The van der Waals surface area contributed by atoms with Gasteiger partial charge in [0.2, 0.25) is 0 Å². The van der Waals surface area contributed by atoms with Crippen LogP contribution in [0.5, 0.6) is 0 Å². The summed E-state index contributed by atoms with van der Waals surface area (Å²) < 4.78 is 32.1. The number of rotatable bonds is 5. The highest BCUT2D eigenvalue weighted by atomic mass is 19.1. The van der Waals surface area contributed by atoms with E-state index in [4.69, 9.17) is 4.74 Å². The number of hydrogen-bond acceptors (Lipinski definition) is 3. The predicted molar refractivity (Wildman–Crippen MR) is 97.1 cm³/mol. The van der Waals surface area contributed by atoms with Gasteiger partial charge in [0.05, 0.1) is 5.56 Å². The largest absolute Gasteiger partial charge is 0.452 e. The SMILES string of the molecule is O=C(COC(=O)c1ccccc1-c1ccccc1)Nc1c(F)cccc1F. The zero-order valence-electron chi connectivity index (χ0n) is 14.1. The van der Waals surface area contributed by atoms with Crippen LogP contribution in [0.25, 0.3) is 11.1 Å². The normalized spacial score (nSPS) is 10.3. The van der Waals surface area contributed by atoms with E-state index in [9.17, 15) is 18.4 Å². The molecule has 0 spiro atoms. The van der Waals surface area contributed by atoms with E-state index in [0.29, 0.717) is 5.56 Å². The van der Waals surface area contributed by atoms with E-state index in [-0.39, 0.29) is 5.56 Å². The van der Waals surface area contributed by atoms with Crippen LogP contribution >= 0.6 is 0 Å². The number of nitrogens with one attached hydrogen (secondary N) is 1. The second-order valence-corrected chi connectivity index (χ2v) is 5.63. The van der Waals surface area contributed by atoms with Gasteiger partial charge in [-0.3, -0.25) is 4.79 Å². The minimum Gasteiger partial charge on any atom is -0.452 e. The third-order valence-electron chi connectivity index (χ3n) is 3.79. The second-order valence-electron chi connectivity index (χ2n) is 5.63. The number of carbonyl (C=O) groups excluding carboxylic acids is 2. The molecule has 1 amide bonds. The Morgan fingerprint density at radius 2 is 1.44 bits per heavy atom. The van der Waals surface area contributed by atoms with E-state index in [1.807, 2.05) is 30.3 Å². The van der Waals surface area contributed by atoms with Crippen molar-refractivity contribution < 1.29 is 23.1 Å². The third kappa shape index (κ3) is 4.36. The lowest BCUT2D eigenvalue weighted by Crippen LogP contribution is -2.22. The van der Waals surface area contributed by atoms with Crippen molar-refractivity contribution in [2.75, 3.05) is 11.9 Å². The first-order valence-electron chi connectivity index (χ1n) is 8.11. The highest BCUT2D eigenvalue weighted by molar-refractivity contribution is 5.99. The van der Waals surface area contributed by atoms with E-state index in [2.05, 4.69) is 5.32 Å². The molecular formula is C21H15F2NO3. The fraction of sp³-hybridized carbons (Fsp3) is 0.0476. The van der Waals surface area contributed by atoms with E-state index >= 15 is 0 Å². The van der Waals surface area contributed by atoms with Crippen molar-refractivity contribution >= 4 is 17.6 Å². The molecule has 27 heavy (non-hydrogen) atoms. The first kappa shape index (κ1) is 18.3. The van der Waals surface area contributed by atoms with Gasteiger partial charge in [-0.1, -0.05) is 54.6 Å². The summed E-state index contributed by atoms with van der Waals surface area (Å²) in [5.74, 6) is -3.38. The van der Waals surface area contributed by atoms with Crippen LogP contribution in [0.2, 0.25) is 0 Å². The standard InChI is InChI=1S/C21H15F2NO3/c22-17-11-6-12-18(23)20(17)24-19(25)13-27-21(26)16-10-5-4-9-15(16)14-7-2-1-3-8-14/h1-12H,13H2,(H,24,25). The lowest BCUT2D eigenvalue weighted by molar-refractivity contribution is -0.119. The summed E-state index contributed by atoms with van der Waals surface area (Å²) in [6.45, 7) is -0.671. The highest BCUT2D eigenvalue weighted by Crippen LogP contribution is 2.24. The maximum Gasteiger partial charge on any atom is 0.339 e. The fourth-order valence-electron chi connectivity index (χ4n) is 2.53. The summed E-state index contributed by atoms with van der Waals surface area (Å²) in [5, 5.41) is 2.07. The number of esters is 1. The smallest absolute Gasteiger partial charge is 0.339 e. The third-order valence-corrected chi connectivity index (χ3v) is 3.79. The molecule has 0 bridgehead atoms. The summed E-state index contributed by atoms with van der Waals surface area (Å²) in [6, 6.07) is 19.3. The van der Waals surface area contributed by atoms with Gasteiger partial charge in [0.15, 0.2) is 6.61 Å². The molecule has 0 fully saturated rings. The first-order chi connectivity index (χ1) is 13.1. The average molecular weight is 367 g/mol. The first-order valence-corrected chi connectivity index (χ1v) is 8.11. The molecule has 0 saturated heterocycles. The number of hydrogen-bond donors (Lipinski definition) is 1. The van der Waals surface area contributed by atoms with Crippen molar-refractivity contribution in [1.82, 2.24) is 0 Å². The van der Waals surface area contributed by atoms with Crippen molar-refractivity contribution in [3.63, 3.8) is 0 Å². The Balaban J connectivity index is 1.69. The van der Waals surface area contributed by atoms with E-state index in [0.717, 1.165) is 17.7 Å². The Bertz CT molecular complexity index is 954. The van der Waals surface area contributed by atoms with Gasteiger partial charge in [-0.15, -0.1) is 0 Å². The van der Waals surface area contributed by atoms with E-state index < -0.39 is 35.8 Å². The quantitative estimate of drug-likeness (QED) is 0.679. The zero-order valence-corrected chi connectivity index (χ0v) is 14.1. The minimum atomic E-state index is -0.913. The number of halogens is 2. The van der Waals surface area contributed by atoms with Crippen LogP contribution in [-0.4, -0.2) is 18.5 Å². The van der Waals surface area contributed by atoms with Gasteiger partial charge in [0, 0.05) is 0 Å². The van der Waals surface area contributed by atoms with Gasteiger partial charge in [-0.25, -0.2) is 13.6 Å². The molecule has 3 aromatic carbocycles. The zero-order chi connectivity index (χ0) is 19.2. The Kier molecular flexibility index (Phi) is 5.56. The van der Waals surface area contributed by atoms with E-state index in [1.165, 1.54) is 6.07 Å². The topological polar surface area (TPSA) is 55.4 Å². The molecule has 3 rings (SSSR count). The van der Waals surface area contributed by atoms with Gasteiger partial charge < -0.3 is 10.1 Å². The summed E-state index contributed by atoms with van der Waals surface area (Å²) in [5.41, 5.74) is 1.18. The number of benzene rings is 3. The van der Waals surface area contributed by atoms with Crippen molar-refractivity contribution in [2.45, 2.75) is 0 Å². The number of carbonyl (C=O) groups is 2. The average Bonchev–Trinajstić information content (AvgIpc) is 2.70. The Labute approximate surface area is 154 Å². The minimum absolute atomic E-state index is 0.286. The molecule has 3 aromatic rings. The second kappa shape index (κ2) is 8.23. The highest BCUT2D eigenvalue weighted by Gasteiger charge is 2.17. The van der Waals surface area contributed by atoms with Crippen LogP contribution in [0.15, 0.2) is 72.8 Å².